The highest BCUT2D eigenvalue weighted by Gasteiger charge is 2.21. The third-order valence-electron chi connectivity index (χ3n) is 4.03. The van der Waals surface area contributed by atoms with Crippen molar-refractivity contribution in [3.63, 3.8) is 0 Å². The van der Waals surface area contributed by atoms with Crippen LogP contribution in [-0.2, 0) is 9.59 Å². The van der Waals surface area contributed by atoms with Crippen LogP contribution in [0, 0.1) is 13.8 Å². The molecule has 2 amide bonds. The molecule has 5 heteroatoms. The predicted octanol–water partition coefficient (Wildman–Crippen LogP) is 1.41. The largest absolute Gasteiger partial charge is 0.376 e. The maximum atomic E-state index is 12.2. The molecule has 0 bridgehead atoms. The van der Waals surface area contributed by atoms with E-state index in [9.17, 15) is 9.59 Å². The summed E-state index contributed by atoms with van der Waals surface area (Å²) in [6, 6.07) is 6.09. The SMILES string of the molecule is CC(=O)N1CCN(C(=O)CNc2ccc(C)c(C)c2)CC1. The second kappa shape index (κ2) is 6.61. The van der Waals surface area contributed by atoms with Gasteiger partial charge in [0.1, 0.15) is 0 Å². The van der Waals surface area contributed by atoms with Crippen molar-refractivity contribution < 1.29 is 9.59 Å². The fourth-order valence-electron chi connectivity index (χ4n) is 2.41. The summed E-state index contributed by atoms with van der Waals surface area (Å²) in [7, 11) is 0. The van der Waals surface area contributed by atoms with E-state index >= 15 is 0 Å². The molecule has 0 spiro atoms. The molecule has 21 heavy (non-hydrogen) atoms. The standard InChI is InChI=1S/C16H23N3O2/c1-12-4-5-15(10-13(12)2)17-11-16(21)19-8-6-18(7-9-19)14(3)20/h4-5,10,17H,6-9,11H2,1-3H3. The van der Waals surface area contributed by atoms with Crippen LogP contribution in [0.1, 0.15) is 18.1 Å². The number of nitrogens with one attached hydrogen (secondary N) is 1. The average molecular weight is 289 g/mol. The zero-order valence-corrected chi connectivity index (χ0v) is 13.0. The van der Waals surface area contributed by atoms with Crippen LogP contribution in [0.15, 0.2) is 18.2 Å². The summed E-state index contributed by atoms with van der Waals surface area (Å²) in [6.45, 7) is 8.49. The van der Waals surface area contributed by atoms with Crippen molar-refractivity contribution >= 4 is 17.5 Å². The summed E-state index contributed by atoms with van der Waals surface area (Å²) in [5, 5.41) is 3.17. The Kier molecular flexibility index (Phi) is 4.83. The lowest BCUT2D eigenvalue weighted by molar-refractivity contribution is -0.137. The van der Waals surface area contributed by atoms with Crippen LogP contribution in [0.2, 0.25) is 0 Å². The van der Waals surface area contributed by atoms with Gasteiger partial charge in [-0.1, -0.05) is 6.07 Å². The Morgan fingerprint density at radius 3 is 2.24 bits per heavy atom. The van der Waals surface area contributed by atoms with E-state index in [0.717, 1.165) is 5.69 Å². The van der Waals surface area contributed by atoms with Crippen molar-refractivity contribution in [2.45, 2.75) is 20.8 Å². The predicted molar refractivity (Wildman–Crippen MR) is 83.2 cm³/mol. The number of nitrogens with zero attached hydrogens (tertiary/aromatic N) is 2. The van der Waals surface area contributed by atoms with Crippen molar-refractivity contribution in [3.05, 3.63) is 29.3 Å². The summed E-state index contributed by atoms with van der Waals surface area (Å²) in [6.07, 6.45) is 0. The van der Waals surface area contributed by atoms with E-state index in [1.54, 1.807) is 11.8 Å². The molecular formula is C16H23N3O2. The summed E-state index contributed by atoms with van der Waals surface area (Å²) in [5.74, 6) is 0.159. The first-order chi connectivity index (χ1) is 9.97. The molecule has 1 heterocycles. The van der Waals surface area contributed by atoms with Gasteiger partial charge in [-0.25, -0.2) is 0 Å². The van der Waals surface area contributed by atoms with Gasteiger partial charge in [-0.3, -0.25) is 9.59 Å². The fourth-order valence-corrected chi connectivity index (χ4v) is 2.41. The number of anilines is 1. The van der Waals surface area contributed by atoms with Crippen molar-refractivity contribution in [1.29, 1.82) is 0 Å². The van der Waals surface area contributed by atoms with E-state index in [1.807, 2.05) is 17.0 Å². The Balaban J connectivity index is 1.82. The monoisotopic (exact) mass is 289 g/mol. The van der Waals surface area contributed by atoms with Crippen molar-refractivity contribution in [1.82, 2.24) is 9.80 Å². The molecule has 2 rings (SSSR count). The minimum atomic E-state index is 0.0790. The highest BCUT2D eigenvalue weighted by atomic mass is 16.2. The summed E-state index contributed by atoms with van der Waals surface area (Å²) in [5.41, 5.74) is 3.42. The minimum Gasteiger partial charge on any atom is -0.376 e. The number of hydrogen-bond donors (Lipinski definition) is 1. The quantitative estimate of drug-likeness (QED) is 0.915. The van der Waals surface area contributed by atoms with Crippen molar-refractivity contribution in [3.8, 4) is 0 Å². The summed E-state index contributed by atoms with van der Waals surface area (Å²) >= 11 is 0. The Bertz CT molecular complexity index is 534. The van der Waals surface area contributed by atoms with E-state index in [4.69, 9.17) is 0 Å². The van der Waals surface area contributed by atoms with Gasteiger partial charge in [-0.05, 0) is 37.1 Å². The number of benzene rings is 1. The molecule has 5 nitrogen and oxygen atoms in total. The molecule has 0 saturated carbocycles. The van der Waals surface area contributed by atoms with Crippen molar-refractivity contribution in [2.75, 3.05) is 38.0 Å². The first-order valence-electron chi connectivity index (χ1n) is 7.32. The maximum absolute atomic E-state index is 12.2. The highest BCUT2D eigenvalue weighted by Crippen LogP contribution is 2.14. The van der Waals surface area contributed by atoms with Gasteiger partial charge in [0.25, 0.3) is 0 Å². The molecule has 0 aliphatic carbocycles. The third kappa shape index (κ3) is 3.97. The molecule has 1 aliphatic heterocycles. The molecule has 1 aromatic carbocycles. The first kappa shape index (κ1) is 15.4. The second-order valence-electron chi connectivity index (χ2n) is 5.54. The van der Waals surface area contributed by atoms with Gasteiger partial charge in [0.2, 0.25) is 11.8 Å². The zero-order chi connectivity index (χ0) is 15.4. The number of carbonyl (C=O) groups excluding carboxylic acids is 2. The van der Waals surface area contributed by atoms with Crippen LogP contribution < -0.4 is 5.32 Å². The molecule has 1 aliphatic rings. The molecule has 0 radical (unpaired) electrons. The van der Waals surface area contributed by atoms with Gasteiger partial charge in [0, 0.05) is 38.8 Å². The number of hydrogen-bond acceptors (Lipinski definition) is 3. The molecular weight excluding hydrogens is 266 g/mol. The lowest BCUT2D eigenvalue weighted by atomic mass is 10.1. The lowest BCUT2D eigenvalue weighted by Gasteiger charge is -2.34. The van der Waals surface area contributed by atoms with Gasteiger partial charge in [-0.15, -0.1) is 0 Å². The number of piperazine rings is 1. The van der Waals surface area contributed by atoms with Gasteiger partial charge < -0.3 is 15.1 Å². The van der Waals surface area contributed by atoms with E-state index in [0.29, 0.717) is 32.7 Å². The lowest BCUT2D eigenvalue weighted by Crippen LogP contribution is -2.51. The second-order valence-corrected chi connectivity index (χ2v) is 5.54. The Morgan fingerprint density at radius 1 is 1.05 bits per heavy atom. The molecule has 1 aromatic rings. The molecule has 1 N–H and O–H groups in total. The van der Waals surface area contributed by atoms with Gasteiger partial charge >= 0.3 is 0 Å². The molecule has 0 atom stereocenters. The van der Waals surface area contributed by atoms with E-state index in [2.05, 4.69) is 25.2 Å². The zero-order valence-electron chi connectivity index (χ0n) is 13.0. The number of amides is 2. The van der Waals surface area contributed by atoms with E-state index in [-0.39, 0.29) is 11.8 Å². The molecule has 0 aromatic heterocycles. The van der Waals surface area contributed by atoms with Gasteiger partial charge in [0.15, 0.2) is 0 Å². The topological polar surface area (TPSA) is 52.7 Å². The fraction of sp³-hybridized carbons (Fsp3) is 0.500. The maximum Gasteiger partial charge on any atom is 0.241 e. The van der Waals surface area contributed by atoms with Crippen LogP contribution in [0.3, 0.4) is 0 Å². The molecule has 0 unspecified atom stereocenters. The van der Waals surface area contributed by atoms with Crippen LogP contribution in [0.5, 0.6) is 0 Å². The van der Waals surface area contributed by atoms with Gasteiger partial charge in [0.05, 0.1) is 6.54 Å². The summed E-state index contributed by atoms with van der Waals surface area (Å²) in [4.78, 5) is 27.0. The number of rotatable bonds is 3. The Labute approximate surface area is 125 Å². The van der Waals surface area contributed by atoms with Crippen LogP contribution >= 0.6 is 0 Å². The van der Waals surface area contributed by atoms with Crippen LogP contribution in [0.25, 0.3) is 0 Å². The Hall–Kier alpha value is -2.04. The number of carbonyl (C=O) groups is 2. The third-order valence-corrected chi connectivity index (χ3v) is 4.03. The first-order valence-corrected chi connectivity index (χ1v) is 7.32. The summed E-state index contributed by atoms with van der Waals surface area (Å²) < 4.78 is 0. The smallest absolute Gasteiger partial charge is 0.241 e. The Morgan fingerprint density at radius 2 is 1.67 bits per heavy atom. The van der Waals surface area contributed by atoms with E-state index in [1.165, 1.54) is 11.1 Å². The van der Waals surface area contributed by atoms with Crippen molar-refractivity contribution in [2.24, 2.45) is 0 Å². The minimum absolute atomic E-state index is 0.0790. The number of aryl methyl sites for hydroxylation is 2. The normalized spacial score (nSPS) is 15.0. The highest BCUT2D eigenvalue weighted by molar-refractivity contribution is 5.81. The molecule has 114 valence electrons. The van der Waals surface area contributed by atoms with Gasteiger partial charge in [-0.2, -0.15) is 0 Å². The van der Waals surface area contributed by atoms with Crippen LogP contribution in [0.4, 0.5) is 5.69 Å². The molecule has 1 fully saturated rings. The van der Waals surface area contributed by atoms with Crippen LogP contribution in [-0.4, -0.2) is 54.3 Å². The van der Waals surface area contributed by atoms with E-state index < -0.39 is 0 Å². The average Bonchev–Trinajstić information content (AvgIpc) is 2.48. The molecule has 1 saturated heterocycles.